The quantitative estimate of drug-likeness (QED) is 0.240. The number of fused-ring (bicyclic) bond motifs is 1. The predicted molar refractivity (Wildman–Crippen MR) is 101 cm³/mol. The van der Waals surface area contributed by atoms with Crippen molar-refractivity contribution in [2.24, 2.45) is 5.92 Å². The number of likely N-dealkylation sites (N-methyl/N-ethyl adjacent to an activating group) is 1. The van der Waals surface area contributed by atoms with Gasteiger partial charge in [0.15, 0.2) is 0 Å². The maximum atomic E-state index is 11.9. The topological polar surface area (TPSA) is 32.5 Å². The van der Waals surface area contributed by atoms with Gasteiger partial charge in [0, 0.05) is 22.0 Å². The van der Waals surface area contributed by atoms with E-state index in [1.165, 1.54) is 24.2 Å². The molecule has 1 atom stereocenters. The van der Waals surface area contributed by atoms with Crippen LogP contribution in [0, 0.1) is 5.92 Å². The lowest BCUT2D eigenvalue weighted by Crippen LogP contribution is -2.23. The number of esters is 1. The summed E-state index contributed by atoms with van der Waals surface area (Å²) in [5.41, 5.74) is 2.50. The van der Waals surface area contributed by atoms with Gasteiger partial charge in [-0.25, -0.2) is 4.31 Å². The minimum Gasteiger partial charge on any atom is -0.464 e. The highest BCUT2D eigenvalue weighted by molar-refractivity contribution is 8.76. The molecule has 0 aliphatic carbocycles. The third kappa shape index (κ3) is 5.94. The average molecular weight is 355 g/mol. The molecule has 1 aromatic carbocycles. The van der Waals surface area contributed by atoms with E-state index >= 15 is 0 Å². The van der Waals surface area contributed by atoms with Gasteiger partial charge in [0.1, 0.15) is 6.54 Å². The van der Waals surface area contributed by atoms with E-state index in [9.17, 15) is 4.79 Å². The van der Waals surface area contributed by atoms with Gasteiger partial charge in [0.05, 0.1) is 18.0 Å². The van der Waals surface area contributed by atoms with Crippen LogP contribution >= 0.6 is 22.0 Å². The largest absolute Gasteiger partial charge is 0.464 e. The third-order valence-corrected chi connectivity index (χ3v) is 6.28. The van der Waals surface area contributed by atoms with Crippen LogP contribution in [0.5, 0.6) is 0 Å². The first kappa shape index (κ1) is 18.5. The van der Waals surface area contributed by atoms with Gasteiger partial charge in [-0.15, -0.1) is 0 Å². The van der Waals surface area contributed by atoms with Gasteiger partial charge in [-0.05, 0) is 31.5 Å². The zero-order valence-corrected chi connectivity index (χ0v) is 15.8. The van der Waals surface area contributed by atoms with E-state index < -0.39 is 0 Å². The van der Waals surface area contributed by atoms with Crippen LogP contribution in [0.3, 0.4) is 0 Å². The molecule has 0 amide bonds. The van der Waals surface area contributed by atoms with Crippen molar-refractivity contribution in [1.82, 2.24) is 4.31 Å². The molecule has 1 heterocycles. The van der Waals surface area contributed by atoms with Crippen LogP contribution in [0.1, 0.15) is 39.5 Å². The Hall–Kier alpha value is -0.850. The Labute approximate surface area is 147 Å². The lowest BCUT2D eigenvalue weighted by atomic mass is 10.0. The van der Waals surface area contributed by atoms with E-state index in [4.69, 9.17) is 4.74 Å². The van der Waals surface area contributed by atoms with Crippen LogP contribution < -0.4 is 4.31 Å². The smallest absolute Gasteiger partial charge is 0.321 e. The summed E-state index contributed by atoms with van der Waals surface area (Å²) in [4.78, 5) is 11.9. The molecule has 1 unspecified atom stereocenters. The molecule has 128 valence electrons. The molecule has 0 fully saturated rings. The van der Waals surface area contributed by atoms with Gasteiger partial charge in [-0.3, -0.25) is 9.10 Å². The molecule has 0 saturated heterocycles. The second-order valence-electron chi connectivity index (χ2n) is 5.82. The summed E-state index contributed by atoms with van der Waals surface area (Å²) in [7, 11) is 5.11. The van der Waals surface area contributed by atoms with Crippen molar-refractivity contribution >= 4 is 39.3 Å². The van der Waals surface area contributed by atoms with Crippen molar-refractivity contribution in [3.8, 4) is 0 Å². The van der Waals surface area contributed by atoms with E-state index in [-0.39, 0.29) is 5.97 Å². The third-order valence-electron chi connectivity index (χ3n) is 3.88. The van der Waals surface area contributed by atoms with E-state index in [0.29, 0.717) is 19.1 Å². The maximum absolute atomic E-state index is 11.9. The van der Waals surface area contributed by atoms with E-state index in [2.05, 4.69) is 30.3 Å². The first-order chi connectivity index (χ1) is 11.2. The first-order valence-corrected chi connectivity index (χ1v) is 10.3. The SMILES string of the molecule is CCCCC(CC)COC(=O)CN(C)SSN1c2ccccc21. The summed E-state index contributed by atoms with van der Waals surface area (Å²) in [5, 5.41) is 0. The number of hydrogen-bond acceptors (Lipinski definition) is 6. The van der Waals surface area contributed by atoms with Gasteiger partial charge < -0.3 is 4.74 Å². The highest BCUT2D eigenvalue weighted by Crippen LogP contribution is 2.55. The highest BCUT2D eigenvalue weighted by Gasteiger charge is 2.29. The molecule has 23 heavy (non-hydrogen) atoms. The number of nitrogens with zero attached hydrogens (tertiary/aromatic N) is 2. The Kier molecular flexibility index (Phi) is 7.59. The van der Waals surface area contributed by atoms with Crippen LogP contribution in [0.4, 0.5) is 11.4 Å². The van der Waals surface area contributed by atoms with Crippen LogP contribution in [0.15, 0.2) is 24.3 Å². The Morgan fingerprint density at radius 2 is 2.00 bits per heavy atom. The van der Waals surface area contributed by atoms with Gasteiger partial charge in [-0.2, -0.15) is 0 Å². The molecule has 1 aliphatic rings. The molecule has 0 spiro atoms. The number of benzene rings is 1. The van der Waals surface area contributed by atoms with Crippen LogP contribution in [-0.2, 0) is 9.53 Å². The van der Waals surface area contributed by atoms with Crippen molar-refractivity contribution < 1.29 is 9.53 Å². The molecular formula is C17H26N2O2S2. The second-order valence-corrected chi connectivity index (χ2v) is 8.00. The fraction of sp³-hybridized carbons (Fsp3) is 0.588. The number of anilines is 2. The van der Waals surface area contributed by atoms with Gasteiger partial charge >= 0.3 is 5.97 Å². The zero-order chi connectivity index (χ0) is 16.7. The van der Waals surface area contributed by atoms with Crippen molar-refractivity contribution in [3.05, 3.63) is 24.3 Å². The summed E-state index contributed by atoms with van der Waals surface area (Å²) in [6, 6.07) is 8.26. The molecule has 0 radical (unpaired) electrons. The summed E-state index contributed by atoms with van der Waals surface area (Å²) in [5.74, 6) is 0.358. The number of unbranched alkanes of at least 4 members (excludes halogenated alkanes) is 1. The van der Waals surface area contributed by atoms with Gasteiger partial charge in [0.2, 0.25) is 0 Å². The fourth-order valence-electron chi connectivity index (χ4n) is 2.31. The molecule has 0 aromatic heterocycles. The predicted octanol–water partition coefficient (Wildman–Crippen LogP) is 5.04. The molecule has 4 nitrogen and oxygen atoms in total. The number of rotatable bonds is 11. The summed E-state index contributed by atoms with van der Waals surface area (Å²) in [6.45, 7) is 5.22. The molecule has 1 aliphatic heterocycles. The lowest BCUT2D eigenvalue weighted by Gasteiger charge is -2.17. The molecular weight excluding hydrogens is 328 g/mol. The number of carbonyl (C=O) groups is 1. The Balaban J connectivity index is 1.59. The summed E-state index contributed by atoms with van der Waals surface area (Å²) >= 11 is 0. The molecule has 0 bridgehead atoms. The Morgan fingerprint density at radius 3 is 2.61 bits per heavy atom. The highest BCUT2D eigenvalue weighted by atomic mass is 33.1. The minimum atomic E-state index is -0.140. The fourth-order valence-corrected chi connectivity index (χ4v) is 4.26. The summed E-state index contributed by atoms with van der Waals surface area (Å²) < 4.78 is 9.50. The van der Waals surface area contributed by atoms with Crippen molar-refractivity contribution in [2.45, 2.75) is 39.5 Å². The van der Waals surface area contributed by atoms with E-state index in [1.54, 1.807) is 22.0 Å². The van der Waals surface area contributed by atoms with Gasteiger partial charge in [0.25, 0.3) is 0 Å². The monoisotopic (exact) mass is 354 g/mol. The molecule has 1 aromatic rings. The van der Waals surface area contributed by atoms with Crippen molar-refractivity contribution in [2.75, 3.05) is 24.5 Å². The Bertz CT molecular complexity index is 490. The second kappa shape index (κ2) is 9.45. The first-order valence-electron chi connectivity index (χ1n) is 8.26. The van der Waals surface area contributed by atoms with Crippen LogP contribution in [-0.4, -0.2) is 30.5 Å². The van der Waals surface area contributed by atoms with E-state index in [0.717, 1.165) is 12.8 Å². The average Bonchev–Trinajstić information content (AvgIpc) is 3.26. The summed E-state index contributed by atoms with van der Waals surface area (Å²) in [6.07, 6.45) is 4.62. The molecule has 2 rings (SSSR count). The molecule has 0 N–H and O–H groups in total. The Morgan fingerprint density at radius 1 is 1.30 bits per heavy atom. The maximum Gasteiger partial charge on any atom is 0.321 e. The molecule has 0 saturated carbocycles. The number of ether oxygens (including phenoxy) is 1. The van der Waals surface area contributed by atoms with Crippen molar-refractivity contribution in [1.29, 1.82) is 0 Å². The van der Waals surface area contributed by atoms with Crippen LogP contribution in [0.25, 0.3) is 0 Å². The number of para-hydroxylation sites is 2. The minimum absolute atomic E-state index is 0.140. The standard InChI is InChI=1S/C17H26N2O2S2/c1-4-6-9-14(5-2)13-21-17(20)12-18(3)22-23-19-15-10-7-8-11-16(15)19/h7-8,10-11,14H,4-6,9,12-13H2,1-3H3. The van der Waals surface area contributed by atoms with E-state index in [1.807, 2.05) is 23.5 Å². The van der Waals surface area contributed by atoms with Crippen LogP contribution in [0.2, 0.25) is 0 Å². The lowest BCUT2D eigenvalue weighted by molar-refractivity contribution is -0.145. The van der Waals surface area contributed by atoms with Crippen molar-refractivity contribution in [3.63, 3.8) is 0 Å². The normalized spacial score (nSPS) is 13.8. The van der Waals surface area contributed by atoms with Gasteiger partial charge in [-0.1, -0.05) is 45.2 Å². The zero-order valence-electron chi connectivity index (χ0n) is 14.2. The molecule has 6 heteroatoms. The number of hydrogen-bond donors (Lipinski definition) is 0. The number of carbonyl (C=O) groups excluding carboxylic acids is 1.